The Bertz CT molecular complexity index is 1050. The third-order valence-electron chi connectivity index (χ3n) is 4.89. The number of rotatable bonds is 3. The number of carbonyl (C=O) groups is 1. The quantitative estimate of drug-likeness (QED) is 0.682. The van der Waals surface area contributed by atoms with Crippen molar-refractivity contribution in [1.29, 1.82) is 0 Å². The number of fused-ring (bicyclic) bond motifs is 1. The Kier molecular flexibility index (Phi) is 4.17. The molecule has 0 spiro atoms. The summed E-state index contributed by atoms with van der Waals surface area (Å²) >= 11 is 0. The maximum absolute atomic E-state index is 13.0. The Labute approximate surface area is 159 Å². The van der Waals surface area contributed by atoms with E-state index in [0.717, 1.165) is 12.1 Å². The van der Waals surface area contributed by atoms with Crippen LogP contribution in [0.1, 0.15) is 19.4 Å². The average Bonchev–Trinajstić information content (AvgIpc) is 3.01. The fourth-order valence-corrected chi connectivity index (χ4v) is 3.51. The van der Waals surface area contributed by atoms with Gasteiger partial charge in [0.25, 0.3) is 0 Å². The van der Waals surface area contributed by atoms with E-state index in [2.05, 4.69) is 23.9 Å². The summed E-state index contributed by atoms with van der Waals surface area (Å²) in [5.74, 6) is -0.0335. The zero-order valence-electron chi connectivity index (χ0n) is 15.5. The van der Waals surface area contributed by atoms with Crippen LogP contribution in [0.15, 0.2) is 42.7 Å². The van der Waals surface area contributed by atoms with Gasteiger partial charge in [-0.1, -0.05) is 26.0 Å². The lowest BCUT2D eigenvalue weighted by molar-refractivity contribution is -0.142. The molecule has 28 heavy (non-hydrogen) atoms. The maximum Gasteiger partial charge on any atom is 0.416 e. The van der Waals surface area contributed by atoms with Crippen molar-refractivity contribution in [3.8, 4) is 11.1 Å². The van der Waals surface area contributed by atoms with Crippen LogP contribution in [0.2, 0.25) is 0 Å². The van der Waals surface area contributed by atoms with E-state index in [1.54, 1.807) is 27.9 Å². The minimum atomic E-state index is -4.41. The molecule has 1 aliphatic heterocycles. The van der Waals surface area contributed by atoms with E-state index in [1.807, 2.05) is 0 Å². The molecule has 3 aromatic rings. The second-order valence-corrected chi connectivity index (χ2v) is 7.92. The third kappa shape index (κ3) is 3.46. The molecule has 0 aliphatic carbocycles. The standard InChI is InChI=1S/C20H19F3N4O/c1-19(2)11-26(12-19)18(28)10-27-17-7-14(8-24-16(17)9-25-27)13-4-3-5-15(6-13)20(21,22)23/h3-9H,10-12H2,1-2H3. The normalized spacial score (nSPS) is 16.2. The van der Waals surface area contributed by atoms with E-state index >= 15 is 0 Å². The van der Waals surface area contributed by atoms with Crippen molar-refractivity contribution in [2.75, 3.05) is 13.1 Å². The molecule has 1 amide bonds. The number of carbonyl (C=O) groups excluding carboxylic acids is 1. The SMILES string of the molecule is CC1(C)CN(C(=O)Cn2ncc3ncc(-c4cccc(C(F)(F)F)c4)cc32)C1. The number of amides is 1. The molecular weight excluding hydrogens is 369 g/mol. The lowest BCUT2D eigenvalue weighted by Gasteiger charge is -2.45. The summed E-state index contributed by atoms with van der Waals surface area (Å²) in [5, 5.41) is 4.23. The van der Waals surface area contributed by atoms with Gasteiger partial charge in [0.2, 0.25) is 5.91 Å². The van der Waals surface area contributed by atoms with Gasteiger partial charge >= 0.3 is 6.18 Å². The van der Waals surface area contributed by atoms with Gasteiger partial charge in [0.1, 0.15) is 12.1 Å². The molecule has 0 bridgehead atoms. The Morgan fingerprint density at radius 2 is 1.89 bits per heavy atom. The minimum absolute atomic E-state index is 0.0335. The zero-order valence-corrected chi connectivity index (χ0v) is 15.5. The fraction of sp³-hybridized carbons (Fsp3) is 0.350. The predicted molar refractivity (Wildman–Crippen MR) is 98.3 cm³/mol. The largest absolute Gasteiger partial charge is 0.416 e. The molecule has 0 N–H and O–H groups in total. The first-order valence-electron chi connectivity index (χ1n) is 8.89. The van der Waals surface area contributed by atoms with E-state index in [9.17, 15) is 18.0 Å². The highest BCUT2D eigenvalue weighted by Gasteiger charge is 2.37. The predicted octanol–water partition coefficient (Wildman–Crippen LogP) is 3.99. The van der Waals surface area contributed by atoms with Crippen molar-refractivity contribution in [3.63, 3.8) is 0 Å². The molecule has 3 heterocycles. The van der Waals surface area contributed by atoms with Gasteiger partial charge in [-0.15, -0.1) is 0 Å². The number of nitrogens with zero attached hydrogens (tertiary/aromatic N) is 4. The summed E-state index contributed by atoms with van der Waals surface area (Å²) in [6, 6.07) is 6.82. The second-order valence-electron chi connectivity index (χ2n) is 7.92. The summed E-state index contributed by atoms with van der Waals surface area (Å²) in [6.07, 6.45) is -1.34. The number of benzene rings is 1. The summed E-state index contributed by atoms with van der Waals surface area (Å²) in [5.41, 5.74) is 1.58. The lowest BCUT2D eigenvalue weighted by atomic mass is 9.84. The van der Waals surface area contributed by atoms with Gasteiger partial charge in [-0.3, -0.25) is 14.5 Å². The fourth-order valence-electron chi connectivity index (χ4n) is 3.51. The van der Waals surface area contributed by atoms with Gasteiger partial charge in [0.05, 0.1) is 17.3 Å². The molecule has 146 valence electrons. The topological polar surface area (TPSA) is 51.0 Å². The van der Waals surface area contributed by atoms with Crippen LogP contribution in [0.4, 0.5) is 13.2 Å². The van der Waals surface area contributed by atoms with E-state index in [0.29, 0.717) is 35.2 Å². The Hall–Kier alpha value is -2.90. The average molecular weight is 388 g/mol. The highest BCUT2D eigenvalue weighted by Crippen LogP contribution is 2.33. The molecule has 2 aromatic heterocycles. The first-order chi connectivity index (χ1) is 13.1. The minimum Gasteiger partial charge on any atom is -0.340 e. The van der Waals surface area contributed by atoms with E-state index in [-0.39, 0.29) is 17.9 Å². The number of aromatic nitrogens is 3. The first-order valence-corrected chi connectivity index (χ1v) is 8.89. The lowest BCUT2D eigenvalue weighted by Crippen LogP contribution is -2.56. The number of halogens is 3. The monoisotopic (exact) mass is 388 g/mol. The molecule has 1 fully saturated rings. The van der Waals surface area contributed by atoms with Gasteiger partial charge in [-0.2, -0.15) is 18.3 Å². The van der Waals surface area contributed by atoms with Crippen LogP contribution >= 0.6 is 0 Å². The Morgan fingerprint density at radius 1 is 1.14 bits per heavy atom. The summed E-state index contributed by atoms with van der Waals surface area (Å²) in [7, 11) is 0. The van der Waals surface area contributed by atoms with Crippen molar-refractivity contribution >= 4 is 16.9 Å². The molecule has 0 atom stereocenters. The molecule has 1 aromatic carbocycles. The molecule has 5 nitrogen and oxygen atoms in total. The molecule has 8 heteroatoms. The van der Waals surface area contributed by atoms with Crippen LogP contribution in [0.3, 0.4) is 0 Å². The second kappa shape index (κ2) is 6.32. The number of likely N-dealkylation sites (tertiary alicyclic amines) is 1. The summed E-state index contributed by atoms with van der Waals surface area (Å²) in [6.45, 7) is 5.70. The number of alkyl halides is 3. The molecule has 1 aliphatic rings. The molecule has 0 radical (unpaired) electrons. The van der Waals surface area contributed by atoms with Crippen LogP contribution < -0.4 is 0 Å². The van der Waals surface area contributed by atoms with Crippen molar-refractivity contribution in [1.82, 2.24) is 19.7 Å². The summed E-state index contributed by atoms with van der Waals surface area (Å²) < 4.78 is 40.5. The van der Waals surface area contributed by atoms with E-state index in [4.69, 9.17) is 0 Å². The first kappa shape index (κ1) is 18.5. The van der Waals surface area contributed by atoms with Crippen molar-refractivity contribution in [2.24, 2.45) is 5.41 Å². The zero-order chi connectivity index (χ0) is 20.1. The number of hydrogen-bond donors (Lipinski definition) is 0. The van der Waals surface area contributed by atoms with E-state index in [1.165, 1.54) is 12.3 Å². The summed E-state index contributed by atoms with van der Waals surface area (Å²) in [4.78, 5) is 18.5. The smallest absolute Gasteiger partial charge is 0.340 e. The van der Waals surface area contributed by atoms with Gasteiger partial charge in [0.15, 0.2) is 0 Å². The van der Waals surface area contributed by atoms with Crippen LogP contribution in [0.25, 0.3) is 22.2 Å². The number of hydrogen-bond acceptors (Lipinski definition) is 3. The highest BCUT2D eigenvalue weighted by molar-refractivity contribution is 5.83. The number of pyridine rings is 1. The Balaban J connectivity index is 1.63. The Morgan fingerprint density at radius 3 is 2.57 bits per heavy atom. The highest BCUT2D eigenvalue weighted by atomic mass is 19.4. The van der Waals surface area contributed by atoms with Gasteiger partial charge in [-0.05, 0) is 29.2 Å². The molecule has 1 saturated heterocycles. The van der Waals surface area contributed by atoms with Crippen molar-refractivity contribution in [3.05, 3.63) is 48.3 Å². The maximum atomic E-state index is 13.0. The molecule has 0 unspecified atom stereocenters. The van der Waals surface area contributed by atoms with Crippen LogP contribution in [0.5, 0.6) is 0 Å². The molecule has 4 rings (SSSR count). The van der Waals surface area contributed by atoms with Gasteiger partial charge < -0.3 is 4.90 Å². The van der Waals surface area contributed by atoms with Crippen LogP contribution in [-0.2, 0) is 17.5 Å². The van der Waals surface area contributed by atoms with Crippen LogP contribution in [0, 0.1) is 5.41 Å². The van der Waals surface area contributed by atoms with Gasteiger partial charge in [0, 0.05) is 24.8 Å². The van der Waals surface area contributed by atoms with Gasteiger partial charge in [-0.25, -0.2) is 0 Å². The van der Waals surface area contributed by atoms with Crippen molar-refractivity contribution in [2.45, 2.75) is 26.6 Å². The van der Waals surface area contributed by atoms with Crippen molar-refractivity contribution < 1.29 is 18.0 Å². The molecular formula is C20H19F3N4O. The van der Waals surface area contributed by atoms with E-state index < -0.39 is 11.7 Å². The van der Waals surface area contributed by atoms with Crippen LogP contribution in [-0.4, -0.2) is 38.7 Å². The third-order valence-corrected chi connectivity index (χ3v) is 4.89. The molecule has 0 saturated carbocycles.